The van der Waals surface area contributed by atoms with Gasteiger partial charge in [-0.15, -0.1) is 0 Å². The predicted octanol–water partition coefficient (Wildman–Crippen LogP) is 1.66. The molecule has 0 aliphatic heterocycles. The summed E-state index contributed by atoms with van der Waals surface area (Å²) >= 11 is 0. The van der Waals surface area contributed by atoms with Crippen molar-refractivity contribution in [1.29, 1.82) is 0 Å². The molecule has 2 aromatic heterocycles. The lowest BCUT2D eigenvalue weighted by atomic mass is 10.2. The highest BCUT2D eigenvalue weighted by Crippen LogP contribution is 2.16. The van der Waals surface area contributed by atoms with Crippen LogP contribution in [0, 0.1) is 0 Å². The molecule has 0 saturated heterocycles. The molecule has 0 saturated carbocycles. The fourth-order valence-electron chi connectivity index (χ4n) is 2.20. The van der Waals surface area contributed by atoms with E-state index in [1.807, 2.05) is 0 Å². The number of aromatic nitrogens is 4. The van der Waals surface area contributed by atoms with E-state index in [9.17, 15) is 9.59 Å². The zero-order valence-electron chi connectivity index (χ0n) is 13.2. The van der Waals surface area contributed by atoms with E-state index in [2.05, 4.69) is 20.8 Å². The van der Waals surface area contributed by atoms with Crippen LogP contribution >= 0.6 is 0 Å². The Labute approximate surface area is 138 Å². The van der Waals surface area contributed by atoms with E-state index in [1.165, 1.54) is 4.68 Å². The third-order valence-electron chi connectivity index (χ3n) is 3.38. The molecule has 0 bridgehead atoms. The van der Waals surface area contributed by atoms with Crippen LogP contribution in [0.4, 0.5) is 11.4 Å². The van der Waals surface area contributed by atoms with Gasteiger partial charge >= 0.3 is 0 Å². The van der Waals surface area contributed by atoms with Gasteiger partial charge in [-0.3, -0.25) is 19.0 Å². The Kier molecular flexibility index (Phi) is 4.11. The first-order valence-corrected chi connectivity index (χ1v) is 7.23. The van der Waals surface area contributed by atoms with Crippen LogP contribution in [0.1, 0.15) is 21.0 Å². The SMILES string of the molecule is Cn1ccc(C(=O)Nc2cccc(NC(=O)c3ccnn3C)c2)n1. The average molecular weight is 324 g/mol. The third-order valence-corrected chi connectivity index (χ3v) is 3.38. The molecule has 0 unspecified atom stereocenters. The second kappa shape index (κ2) is 6.37. The molecular weight excluding hydrogens is 308 g/mol. The van der Waals surface area contributed by atoms with Crippen LogP contribution in [-0.2, 0) is 14.1 Å². The molecule has 0 atom stereocenters. The third kappa shape index (κ3) is 3.32. The Morgan fingerprint density at radius 2 is 1.71 bits per heavy atom. The number of amides is 2. The minimum atomic E-state index is -0.314. The first-order chi connectivity index (χ1) is 11.5. The summed E-state index contributed by atoms with van der Waals surface area (Å²) in [5, 5.41) is 13.5. The van der Waals surface area contributed by atoms with Gasteiger partial charge in [-0.2, -0.15) is 10.2 Å². The largest absolute Gasteiger partial charge is 0.321 e. The fourth-order valence-corrected chi connectivity index (χ4v) is 2.20. The van der Waals surface area contributed by atoms with Crippen LogP contribution in [-0.4, -0.2) is 31.4 Å². The van der Waals surface area contributed by atoms with Gasteiger partial charge in [0, 0.05) is 37.9 Å². The number of rotatable bonds is 4. The van der Waals surface area contributed by atoms with Gasteiger partial charge in [0.15, 0.2) is 5.69 Å². The van der Waals surface area contributed by atoms with Crippen molar-refractivity contribution in [3.05, 3.63) is 60.2 Å². The molecule has 0 spiro atoms. The Balaban J connectivity index is 1.71. The summed E-state index contributed by atoms with van der Waals surface area (Å²) in [5.74, 6) is -0.589. The maximum Gasteiger partial charge on any atom is 0.276 e. The average Bonchev–Trinajstić information content (AvgIpc) is 3.16. The summed E-state index contributed by atoms with van der Waals surface area (Å²) in [5.41, 5.74) is 1.90. The lowest BCUT2D eigenvalue weighted by molar-refractivity contribution is 0.101. The molecule has 3 rings (SSSR count). The molecule has 0 fully saturated rings. The van der Waals surface area contributed by atoms with Crippen LogP contribution < -0.4 is 10.6 Å². The molecular formula is C16H16N6O2. The molecule has 0 aliphatic rings. The van der Waals surface area contributed by atoms with Gasteiger partial charge in [0.25, 0.3) is 11.8 Å². The second-order valence-electron chi connectivity index (χ2n) is 5.20. The first-order valence-electron chi connectivity index (χ1n) is 7.23. The number of anilines is 2. The Hall–Kier alpha value is -3.42. The number of hydrogen-bond acceptors (Lipinski definition) is 4. The van der Waals surface area contributed by atoms with E-state index in [4.69, 9.17) is 0 Å². The van der Waals surface area contributed by atoms with Crippen LogP contribution in [0.3, 0.4) is 0 Å². The maximum absolute atomic E-state index is 12.2. The highest BCUT2D eigenvalue weighted by atomic mass is 16.2. The lowest BCUT2D eigenvalue weighted by Gasteiger charge is -2.08. The smallest absolute Gasteiger partial charge is 0.276 e. The summed E-state index contributed by atoms with van der Waals surface area (Å²) in [6.45, 7) is 0. The van der Waals surface area contributed by atoms with Crippen molar-refractivity contribution in [2.45, 2.75) is 0 Å². The van der Waals surface area contributed by atoms with E-state index in [-0.39, 0.29) is 11.8 Å². The predicted molar refractivity (Wildman–Crippen MR) is 88.8 cm³/mol. The maximum atomic E-state index is 12.2. The number of carbonyl (C=O) groups excluding carboxylic acids is 2. The number of carbonyl (C=O) groups is 2. The van der Waals surface area contributed by atoms with Crippen molar-refractivity contribution in [1.82, 2.24) is 19.6 Å². The molecule has 8 heteroatoms. The number of hydrogen-bond donors (Lipinski definition) is 2. The summed E-state index contributed by atoms with van der Waals surface area (Å²) in [6.07, 6.45) is 3.25. The zero-order chi connectivity index (χ0) is 17.1. The highest BCUT2D eigenvalue weighted by Gasteiger charge is 2.12. The first kappa shape index (κ1) is 15.5. The van der Waals surface area contributed by atoms with Crippen LogP contribution in [0.2, 0.25) is 0 Å². The van der Waals surface area contributed by atoms with Gasteiger partial charge in [0.05, 0.1) is 0 Å². The summed E-state index contributed by atoms with van der Waals surface area (Å²) in [6, 6.07) is 10.2. The minimum Gasteiger partial charge on any atom is -0.321 e. The van der Waals surface area contributed by atoms with E-state index in [1.54, 1.807) is 67.6 Å². The fraction of sp³-hybridized carbons (Fsp3) is 0.125. The molecule has 2 amide bonds. The van der Waals surface area contributed by atoms with Gasteiger partial charge in [-0.05, 0) is 30.3 Å². The van der Waals surface area contributed by atoms with Crippen molar-refractivity contribution in [2.24, 2.45) is 14.1 Å². The molecule has 2 N–H and O–H groups in total. The van der Waals surface area contributed by atoms with Gasteiger partial charge in [0.1, 0.15) is 5.69 Å². The number of nitrogens with one attached hydrogen (secondary N) is 2. The van der Waals surface area contributed by atoms with E-state index >= 15 is 0 Å². The molecule has 3 aromatic rings. The lowest BCUT2D eigenvalue weighted by Crippen LogP contribution is -2.16. The second-order valence-corrected chi connectivity index (χ2v) is 5.20. The number of aryl methyl sites for hydroxylation is 2. The molecule has 1 aromatic carbocycles. The molecule has 122 valence electrons. The molecule has 2 heterocycles. The Bertz CT molecular complexity index is 895. The van der Waals surface area contributed by atoms with Crippen molar-refractivity contribution >= 4 is 23.2 Å². The topological polar surface area (TPSA) is 93.8 Å². The van der Waals surface area contributed by atoms with Crippen molar-refractivity contribution in [2.75, 3.05) is 10.6 Å². The van der Waals surface area contributed by atoms with Crippen LogP contribution in [0.15, 0.2) is 48.8 Å². The normalized spacial score (nSPS) is 10.4. The summed E-state index contributed by atoms with van der Waals surface area (Å²) in [7, 11) is 3.43. The van der Waals surface area contributed by atoms with Crippen molar-refractivity contribution < 1.29 is 9.59 Å². The van der Waals surface area contributed by atoms with Gasteiger partial charge in [-0.25, -0.2) is 0 Å². The quantitative estimate of drug-likeness (QED) is 0.763. The van der Waals surface area contributed by atoms with Crippen LogP contribution in [0.25, 0.3) is 0 Å². The van der Waals surface area contributed by atoms with Gasteiger partial charge in [0.2, 0.25) is 0 Å². The van der Waals surface area contributed by atoms with E-state index in [0.717, 1.165) is 0 Å². The van der Waals surface area contributed by atoms with Crippen molar-refractivity contribution in [3.8, 4) is 0 Å². The molecule has 8 nitrogen and oxygen atoms in total. The zero-order valence-corrected chi connectivity index (χ0v) is 13.2. The Morgan fingerprint density at radius 1 is 1.00 bits per heavy atom. The Morgan fingerprint density at radius 3 is 2.29 bits per heavy atom. The molecule has 0 radical (unpaired) electrons. The summed E-state index contributed by atoms with van der Waals surface area (Å²) < 4.78 is 3.04. The standard InChI is InChI=1S/C16H16N6O2/c1-21-9-7-13(20-21)15(23)18-11-4-3-5-12(10-11)19-16(24)14-6-8-17-22(14)2/h3-10H,1-2H3,(H,18,23)(H,19,24). The van der Waals surface area contributed by atoms with Crippen molar-refractivity contribution in [3.63, 3.8) is 0 Å². The minimum absolute atomic E-state index is 0.275. The molecule has 0 aliphatic carbocycles. The monoisotopic (exact) mass is 324 g/mol. The molecule has 24 heavy (non-hydrogen) atoms. The van der Waals surface area contributed by atoms with E-state index < -0.39 is 0 Å². The van der Waals surface area contributed by atoms with Crippen LogP contribution in [0.5, 0.6) is 0 Å². The van der Waals surface area contributed by atoms with Gasteiger partial charge < -0.3 is 10.6 Å². The number of nitrogens with zero attached hydrogens (tertiary/aromatic N) is 4. The summed E-state index contributed by atoms with van der Waals surface area (Å²) in [4.78, 5) is 24.3. The van der Waals surface area contributed by atoms with E-state index in [0.29, 0.717) is 22.8 Å². The number of benzene rings is 1. The highest BCUT2D eigenvalue weighted by molar-refractivity contribution is 6.05. The van der Waals surface area contributed by atoms with Gasteiger partial charge in [-0.1, -0.05) is 6.07 Å².